The average Bonchev–Trinajstić information content (AvgIpc) is 2.05. The Morgan fingerprint density at radius 3 is 2.00 bits per heavy atom. The van der Waals surface area contributed by atoms with Gasteiger partial charge in [0.25, 0.3) is 0 Å². The second-order valence-corrected chi connectivity index (χ2v) is 4.70. The molecule has 0 saturated heterocycles. The maximum absolute atomic E-state index is 11.6. The Hall–Kier alpha value is -0.0500. The number of carbonyl (C=O) groups excluding carboxylic acids is 1. The summed E-state index contributed by atoms with van der Waals surface area (Å²) in [6, 6.07) is 0. The van der Waals surface area contributed by atoms with Gasteiger partial charge in [0.1, 0.15) is 4.32 Å². The van der Waals surface area contributed by atoms with E-state index in [1.807, 2.05) is 6.92 Å². The minimum Gasteiger partial charge on any atom is -0.465 e. The molecule has 0 spiro atoms. The number of ether oxygens (including phenoxy) is 1. The first kappa shape index (κ1) is 12.9. The van der Waals surface area contributed by atoms with E-state index in [9.17, 15) is 4.79 Å². The van der Waals surface area contributed by atoms with Crippen LogP contribution in [-0.2, 0) is 9.53 Å². The zero-order valence-electron chi connectivity index (χ0n) is 8.73. The molecule has 0 radical (unpaired) electrons. The number of rotatable bonds is 6. The lowest BCUT2D eigenvalue weighted by atomic mass is 9.98. The van der Waals surface area contributed by atoms with Gasteiger partial charge in [-0.3, -0.25) is 4.79 Å². The summed E-state index contributed by atoms with van der Waals surface area (Å²) >= 11 is 3.50. The molecule has 0 saturated carbocycles. The molecule has 0 unspecified atom stereocenters. The van der Waals surface area contributed by atoms with Crippen LogP contribution in [0.1, 0.15) is 46.5 Å². The minimum atomic E-state index is -0.438. The van der Waals surface area contributed by atoms with Gasteiger partial charge < -0.3 is 4.74 Å². The van der Waals surface area contributed by atoms with Gasteiger partial charge in [-0.25, -0.2) is 0 Å². The Bertz CT molecular complexity index is 151. The molecule has 0 aromatic carbocycles. The topological polar surface area (TPSA) is 26.3 Å². The molecule has 0 atom stereocenters. The number of halogens is 1. The zero-order chi connectivity index (χ0) is 10.3. The molecule has 0 amide bonds. The van der Waals surface area contributed by atoms with Gasteiger partial charge in [0.15, 0.2) is 0 Å². The molecule has 0 aliphatic carbocycles. The van der Waals surface area contributed by atoms with Crippen molar-refractivity contribution in [3.63, 3.8) is 0 Å². The molecule has 0 aliphatic heterocycles. The molecule has 78 valence electrons. The van der Waals surface area contributed by atoms with Crippen molar-refractivity contribution in [1.82, 2.24) is 0 Å². The molecule has 0 aromatic heterocycles. The van der Waals surface area contributed by atoms with Crippen LogP contribution in [0, 0.1) is 0 Å². The summed E-state index contributed by atoms with van der Waals surface area (Å²) in [5.74, 6) is -0.112. The summed E-state index contributed by atoms with van der Waals surface area (Å²) in [4.78, 5) is 11.6. The van der Waals surface area contributed by atoms with Crippen LogP contribution in [0.3, 0.4) is 0 Å². The largest absolute Gasteiger partial charge is 0.465 e. The fourth-order valence-corrected chi connectivity index (χ4v) is 2.29. The Morgan fingerprint density at radius 2 is 1.69 bits per heavy atom. The van der Waals surface area contributed by atoms with Gasteiger partial charge in [0, 0.05) is 0 Å². The van der Waals surface area contributed by atoms with E-state index in [-0.39, 0.29) is 5.97 Å². The highest BCUT2D eigenvalue weighted by atomic mass is 79.9. The third-order valence-electron chi connectivity index (χ3n) is 1.93. The third-order valence-corrected chi connectivity index (χ3v) is 3.05. The molecule has 0 aromatic rings. The fraction of sp³-hybridized carbons (Fsp3) is 0.900. The van der Waals surface area contributed by atoms with E-state index in [4.69, 9.17) is 4.74 Å². The minimum absolute atomic E-state index is 0.112. The van der Waals surface area contributed by atoms with E-state index in [2.05, 4.69) is 29.8 Å². The van der Waals surface area contributed by atoms with Crippen molar-refractivity contribution in [2.24, 2.45) is 0 Å². The van der Waals surface area contributed by atoms with E-state index < -0.39 is 4.32 Å². The Kier molecular flexibility index (Phi) is 6.39. The quantitative estimate of drug-likeness (QED) is 0.535. The summed E-state index contributed by atoms with van der Waals surface area (Å²) in [6.45, 7) is 6.44. The lowest BCUT2D eigenvalue weighted by Gasteiger charge is -2.23. The first-order valence-electron chi connectivity index (χ1n) is 4.96. The monoisotopic (exact) mass is 250 g/mol. The molecule has 0 bridgehead atoms. The average molecular weight is 251 g/mol. The molecular formula is C10H19BrO2. The molecule has 0 heterocycles. The molecular weight excluding hydrogens is 232 g/mol. The molecule has 3 heteroatoms. The molecule has 2 nitrogen and oxygen atoms in total. The fourth-order valence-electron chi connectivity index (χ4n) is 1.38. The number of esters is 1. The van der Waals surface area contributed by atoms with Gasteiger partial charge in [-0.2, -0.15) is 0 Å². The van der Waals surface area contributed by atoms with E-state index >= 15 is 0 Å². The van der Waals surface area contributed by atoms with Crippen molar-refractivity contribution in [3.8, 4) is 0 Å². The highest BCUT2D eigenvalue weighted by molar-refractivity contribution is 9.10. The highest BCUT2D eigenvalue weighted by Gasteiger charge is 2.34. The lowest BCUT2D eigenvalue weighted by Crippen LogP contribution is -2.33. The molecule has 0 aliphatic rings. The van der Waals surface area contributed by atoms with Crippen LogP contribution in [0.5, 0.6) is 0 Å². The van der Waals surface area contributed by atoms with Gasteiger partial charge in [-0.05, 0) is 19.8 Å². The number of alkyl halides is 1. The van der Waals surface area contributed by atoms with Crippen molar-refractivity contribution in [1.29, 1.82) is 0 Å². The van der Waals surface area contributed by atoms with Crippen LogP contribution in [0.15, 0.2) is 0 Å². The summed E-state index contributed by atoms with van der Waals surface area (Å²) in [5.41, 5.74) is 0. The van der Waals surface area contributed by atoms with Crippen molar-refractivity contribution in [3.05, 3.63) is 0 Å². The first-order valence-corrected chi connectivity index (χ1v) is 5.76. The van der Waals surface area contributed by atoms with Crippen molar-refractivity contribution in [2.75, 3.05) is 6.61 Å². The molecule has 0 N–H and O–H groups in total. The lowest BCUT2D eigenvalue weighted by molar-refractivity contribution is -0.146. The van der Waals surface area contributed by atoms with Crippen molar-refractivity contribution in [2.45, 2.75) is 50.8 Å². The molecule has 13 heavy (non-hydrogen) atoms. The Morgan fingerprint density at radius 1 is 1.23 bits per heavy atom. The van der Waals surface area contributed by atoms with Crippen LogP contribution in [0.4, 0.5) is 0 Å². The number of hydrogen-bond donors (Lipinski definition) is 0. The van der Waals surface area contributed by atoms with E-state index in [1.54, 1.807) is 0 Å². The maximum Gasteiger partial charge on any atom is 0.322 e. The van der Waals surface area contributed by atoms with Crippen molar-refractivity contribution < 1.29 is 9.53 Å². The smallest absolute Gasteiger partial charge is 0.322 e. The van der Waals surface area contributed by atoms with Crippen molar-refractivity contribution >= 4 is 21.9 Å². The van der Waals surface area contributed by atoms with Crippen LogP contribution in [0.25, 0.3) is 0 Å². The first-order chi connectivity index (χ1) is 6.10. The van der Waals surface area contributed by atoms with Gasteiger partial charge in [0.05, 0.1) is 6.61 Å². The SMILES string of the molecule is CCCC(Br)(CCC)C(=O)OCC. The second kappa shape index (κ2) is 6.41. The second-order valence-electron chi connectivity index (χ2n) is 3.19. The number of carbonyl (C=O) groups is 1. The van der Waals surface area contributed by atoms with E-state index in [0.717, 1.165) is 25.7 Å². The Balaban J connectivity index is 4.27. The summed E-state index contributed by atoms with van der Waals surface area (Å²) < 4.78 is 4.59. The standard InChI is InChI=1S/C10H19BrO2/c1-4-7-10(11,8-5-2)9(12)13-6-3/h4-8H2,1-3H3. The van der Waals surface area contributed by atoms with Gasteiger partial charge in [-0.1, -0.05) is 42.6 Å². The predicted octanol–water partition coefficient (Wildman–Crippen LogP) is 3.28. The molecule has 0 rings (SSSR count). The van der Waals surface area contributed by atoms with Crippen LogP contribution in [0.2, 0.25) is 0 Å². The third kappa shape index (κ3) is 4.12. The van der Waals surface area contributed by atoms with Gasteiger partial charge in [0.2, 0.25) is 0 Å². The summed E-state index contributed by atoms with van der Waals surface area (Å²) in [7, 11) is 0. The molecule has 0 fully saturated rings. The van der Waals surface area contributed by atoms with Crippen LogP contribution >= 0.6 is 15.9 Å². The van der Waals surface area contributed by atoms with E-state index in [0.29, 0.717) is 6.61 Å². The van der Waals surface area contributed by atoms with E-state index in [1.165, 1.54) is 0 Å². The maximum atomic E-state index is 11.6. The normalized spacial score (nSPS) is 11.4. The summed E-state index contributed by atoms with van der Waals surface area (Å²) in [6.07, 6.45) is 3.67. The van der Waals surface area contributed by atoms with Crippen LogP contribution in [-0.4, -0.2) is 16.9 Å². The van der Waals surface area contributed by atoms with Crippen LogP contribution < -0.4 is 0 Å². The Labute approximate surface area is 89.2 Å². The highest BCUT2D eigenvalue weighted by Crippen LogP contribution is 2.31. The van der Waals surface area contributed by atoms with Gasteiger partial charge in [-0.15, -0.1) is 0 Å². The van der Waals surface area contributed by atoms with Gasteiger partial charge >= 0.3 is 5.97 Å². The number of hydrogen-bond acceptors (Lipinski definition) is 2. The predicted molar refractivity (Wildman–Crippen MR) is 58.1 cm³/mol. The summed E-state index contributed by atoms with van der Waals surface area (Å²) in [5, 5.41) is 0. The zero-order valence-corrected chi connectivity index (χ0v) is 10.3.